The lowest BCUT2D eigenvalue weighted by atomic mass is 9.96. The van der Waals surface area contributed by atoms with Gasteiger partial charge in [-0.15, -0.1) is 0 Å². The number of hydrogen-bond acceptors (Lipinski definition) is 5. The van der Waals surface area contributed by atoms with Crippen molar-refractivity contribution in [1.82, 2.24) is 20.2 Å². The number of rotatable bonds is 5. The highest BCUT2D eigenvalue weighted by atomic mass is 16.2. The molecular formula is C21H31N5O2. The average Bonchev–Trinajstić information content (AvgIpc) is 3.51. The zero-order chi connectivity index (χ0) is 19.7. The molecular weight excluding hydrogens is 354 g/mol. The van der Waals surface area contributed by atoms with Crippen molar-refractivity contribution in [3.63, 3.8) is 0 Å². The molecule has 3 heterocycles. The lowest BCUT2D eigenvalue weighted by Crippen LogP contribution is -2.44. The second kappa shape index (κ2) is 8.05. The predicted molar refractivity (Wildman–Crippen MR) is 107 cm³/mol. The third-order valence-corrected chi connectivity index (χ3v) is 6.17. The average molecular weight is 386 g/mol. The largest absolute Gasteiger partial charge is 0.356 e. The Balaban J connectivity index is 1.51. The minimum absolute atomic E-state index is 0.0232. The molecule has 0 spiro atoms. The molecule has 4 rings (SSSR count). The van der Waals surface area contributed by atoms with Gasteiger partial charge in [0.1, 0.15) is 11.6 Å². The summed E-state index contributed by atoms with van der Waals surface area (Å²) in [4.78, 5) is 37.7. The van der Waals surface area contributed by atoms with Gasteiger partial charge < -0.3 is 15.1 Å². The normalized spacial score (nSPS) is 22.0. The monoisotopic (exact) mass is 385 g/mol. The van der Waals surface area contributed by atoms with E-state index in [1.54, 1.807) is 0 Å². The molecule has 2 aliphatic heterocycles. The van der Waals surface area contributed by atoms with Gasteiger partial charge in [0, 0.05) is 50.3 Å². The summed E-state index contributed by atoms with van der Waals surface area (Å²) in [5.41, 5.74) is 2.41. The molecule has 1 aliphatic carbocycles. The van der Waals surface area contributed by atoms with Gasteiger partial charge in [-0.3, -0.25) is 9.59 Å². The number of likely N-dealkylation sites (tertiary alicyclic amines) is 1. The molecule has 1 N–H and O–H groups in total. The van der Waals surface area contributed by atoms with Gasteiger partial charge in [0.15, 0.2) is 0 Å². The smallest absolute Gasteiger partial charge is 0.241 e. The first-order chi connectivity index (χ1) is 13.5. The number of anilines is 1. The SMILES string of the molecule is CC(=O)NCC(=O)N1CCCC(c2nc(C)c3c(n2)N(CC2CC2)CCC3)C1. The van der Waals surface area contributed by atoms with Gasteiger partial charge in [0.2, 0.25) is 11.8 Å². The van der Waals surface area contributed by atoms with E-state index in [0.29, 0.717) is 6.54 Å². The van der Waals surface area contributed by atoms with Crippen LogP contribution in [0.5, 0.6) is 0 Å². The highest BCUT2D eigenvalue weighted by Gasteiger charge is 2.31. The van der Waals surface area contributed by atoms with Crippen molar-refractivity contribution in [2.24, 2.45) is 5.92 Å². The molecule has 1 saturated heterocycles. The fourth-order valence-corrected chi connectivity index (χ4v) is 4.41. The van der Waals surface area contributed by atoms with Crippen LogP contribution in [0, 0.1) is 12.8 Å². The summed E-state index contributed by atoms with van der Waals surface area (Å²) in [7, 11) is 0. The van der Waals surface area contributed by atoms with E-state index in [9.17, 15) is 9.59 Å². The van der Waals surface area contributed by atoms with Crippen molar-refractivity contribution in [3.05, 3.63) is 17.1 Å². The molecule has 28 heavy (non-hydrogen) atoms. The van der Waals surface area contributed by atoms with Crippen LogP contribution >= 0.6 is 0 Å². The number of carbonyl (C=O) groups excluding carboxylic acids is 2. The van der Waals surface area contributed by atoms with E-state index < -0.39 is 0 Å². The van der Waals surface area contributed by atoms with E-state index in [1.807, 2.05) is 4.90 Å². The zero-order valence-corrected chi connectivity index (χ0v) is 17.0. The maximum atomic E-state index is 12.4. The Hall–Kier alpha value is -2.18. The van der Waals surface area contributed by atoms with Gasteiger partial charge in [-0.1, -0.05) is 0 Å². The molecule has 0 aromatic carbocycles. The van der Waals surface area contributed by atoms with E-state index in [-0.39, 0.29) is 24.3 Å². The van der Waals surface area contributed by atoms with Crippen molar-refractivity contribution < 1.29 is 9.59 Å². The number of fused-ring (bicyclic) bond motifs is 1. The summed E-state index contributed by atoms with van der Waals surface area (Å²) >= 11 is 0. The molecule has 1 aromatic rings. The van der Waals surface area contributed by atoms with Crippen LogP contribution in [0.2, 0.25) is 0 Å². The number of aromatic nitrogens is 2. The summed E-state index contributed by atoms with van der Waals surface area (Å²) < 4.78 is 0. The summed E-state index contributed by atoms with van der Waals surface area (Å²) in [6, 6.07) is 0. The van der Waals surface area contributed by atoms with Crippen LogP contribution < -0.4 is 10.2 Å². The number of hydrogen-bond donors (Lipinski definition) is 1. The van der Waals surface area contributed by atoms with Gasteiger partial charge in [0.05, 0.1) is 6.54 Å². The van der Waals surface area contributed by atoms with Crippen molar-refractivity contribution in [3.8, 4) is 0 Å². The molecule has 2 fully saturated rings. The van der Waals surface area contributed by atoms with Crippen LogP contribution in [-0.4, -0.2) is 59.4 Å². The Morgan fingerprint density at radius 1 is 1.14 bits per heavy atom. The lowest BCUT2D eigenvalue weighted by molar-refractivity contribution is -0.133. The van der Waals surface area contributed by atoms with Crippen LogP contribution in [0.25, 0.3) is 0 Å². The number of carbonyl (C=O) groups is 2. The van der Waals surface area contributed by atoms with Gasteiger partial charge in [0.25, 0.3) is 0 Å². The van der Waals surface area contributed by atoms with Crippen LogP contribution in [-0.2, 0) is 16.0 Å². The summed E-state index contributed by atoms with van der Waals surface area (Å²) in [6.07, 6.45) is 6.88. The van der Waals surface area contributed by atoms with Gasteiger partial charge >= 0.3 is 0 Å². The van der Waals surface area contributed by atoms with Crippen molar-refractivity contribution in [2.75, 3.05) is 37.6 Å². The number of nitrogens with zero attached hydrogens (tertiary/aromatic N) is 4. The first-order valence-corrected chi connectivity index (χ1v) is 10.7. The quantitative estimate of drug-likeness (QED) is 0.836. The molecule has 1 atom stereocenters. The second-order valence-corrected chi connectivity index (χ2v) is 8.55. The van der Waals surface area contributed by atoms with Gasteiger partial charge in [-0.05, 0) is 51.4 Å². The minimum Gasteiger partial charge on any atom is -0.356 e. The Morgan fingerprint density at radius 3 is 2.71 bits per heavy atom. The van der Waals surface area contributed by atoms with Gasteiger partial charge in [-0.2, -0.15) is 0 Å². The molecule has 0 radical (unpaired) electrons. The second-order valence-electron chi connectivity index (χ2n) is 8.55. The number of piperidine rings is 1. The van der Waals surface area contributed by atoms with E-state index in [4.69, 9.17) is 9.97 Å². The molecule has 3 aliphatic rings. The molecule has 7 heteroatoms. The Kier molecular flexibility index (Phi) is 5.51. The Bertz CT molecular complexity index is 761. The van der Waals surface area contributed by atoms with Crippen molar-refractivity contribution in [2.45, 2.75) is 58.3 Å². The molecule has 1 aromatic heterocycles. The van der Waals surface area contributed by atoms with Crippen LogP contribution in [0.15, 0.2) is 0 Å². The fourth-order valence-electron chi connectivity index (χ4n) is 4.41. The summed E-state index contributed by atoms with van der Waals surface area (Å²) in [5, 5.41) is 2.61. The first-order valence-electron chi connectivity index (χ1n) is 10.7. The van der Waals surface area contributed by atoms with E-state index >= 15 is 0 Å². The molecule has 2 amide bonds. The third-order valence-electron chi connectivity index (χ3n) is 6.17. The summed E-state index contributed by atoms with van der Waals surface area (Å²) in [5.74, 6) is 2.83. The Labute approximate surface area is 166 Å². The predicted octanol–water partition coefficient (Wildman–Crippen LogP) is 1.79. The maximum Gasteiger partial charge on any atom is 0.241 e. The van der Waals surface area contributed by atoms with E-state index in [0.717, 1.165) is 62.2 Å². The number of aryl methyl sites for hydroxylation is 1. The van der Waals surface area contributed by atoms with Crippen molar-refractivity contribution >= 4 is 17.6 Å². The molecule has 1 unspecified atom stereocenters. The molecule has 7 nitrogen and oxygen atoms in total. The first kappa shape index (κ1) is 19.2. The topological polar surface area (TPSA) is 78.4 Å². The minimum atomic E-state index is -0.175. The zero-order valence-electron chi connectivity index (χ0n) is 17.0. The molecule has 1 saturated carbocycles. The van der Waals surface area contributed by atoms with Crippen LogP contribution in [0.1, 0.15) is 62.0 Å². The van der Waals surface area contributed by atoms with Crippen LogP contribution in [0.3, 0.4) is 0 Å². The van der Waals surface area contributed by atoms with E-state index in [1.165, 1.54) is 31.7 Å². The fraction of sp³-hybridized carbons (Fsp3) is 0.714. The van der Waals surface area contributed by atoms with E-state index in [2.05, 4.69) is 17.1 Å². The Morgan fingerprint density at radius 2 is 1.96 bits per heavy atom. The highest BCUT2D eigenvalue weighted by molar-refractivity contribution is 5.83. The number of amides is 2. The standard InChI is InChI=1S/C21H31N5O2/c1-14-18-6-4-10-26(12-16-7-8-16)21(18)24-20(23-14)17-5-3-9-25(13-17)19(28)11-22-15(2)27/h16-17H,3-13H2,1-2H3,(H,22,27). The number of nitrogens with one attached hydrogen (secondary N) is 1. The maximum absolute atomic E-state index is 12.4. The third kappa shape index (κ3) is 4.28. The van der Waals surface area contributed by atoms with Crippen LogP contribution in [0.4, 0.5) is 5.82 Å². The highest BCUT2D eigenvalue weighted by Crippen LogP contribution is 2.35. The summed E-state index contributed by atoms with van der Waals surface area (Å²) in [6.45, 7) is 7.20. The van der Waals surface area contributed by atoms with Crippen molar-refractivity contribution in [1.29, 1.82) is 0 Å². The molecule has 152 valence electrons. The lowest BCUT2D eigenvalue weighted by Gasteiger charge is -2.34. The molecule has 0 bridgehead atoms. The van der Waals surface area contributed by atoms with Gasteiger partial charge in [-0.25, -0.2) is 9.97 Å².